The Morgan fingerprint density at radius 3 is 2.84 bits per heavy atom. The molecule has 1 aliphatic heterocycles. The lowest BCUT2D eigenvalue weighted by molar-refractivity contribution is 0.232. The van der Waals surface area contributed by atoms with E-state index >= 15 is 0 Å². The van der Waals surface area contributed by atoms with Gasteiger partial charge >= 0.3 is 0 Å². The van der Waals surface area contributed by atoms with Crippen molar-refractivity contribution in [2.45, 2.75) is 25.8 Å². The Morgan fingerprint density at radius 1 is 1.24 bits per heavy atom. The highest BCUT2D eigenvalue weighted by molar-refractivity contribution is 6.30. The lowest BCUT2D eigenvalue weighted by Gasteiger charge is -2.31. The first-order valence-electron chi connectivity index (χ1n) is 8.96. The molecule has 0 aliphatic carbocycles. The first-order valence-corrected chi connectivity index (χ1v) is 9.33. The van der Waals surface area contributed by atoms with Gasteiger partial charge in [0.05, 0.1) is 18.8 Å². The van der Waals surface area contributed by atoms with Crippen molar-refractivity contribution >= 4 is 11.6 Å². The van der Waals surface area contributed by atoms with Gasteiger partial charge in [0.1, 0.15) is 5.75 Å². The SMILES string of the molecule is CCc1ccc(C(c2cc(Cl)ccc2OC)N2CCCNCC2)nc1. The molecule has 2 heterocycles. The third-order valence-corrected chi connectivity index (χ3v) is 5.00. The quantitative estimate of drug-likeness (QED) is 0.883. The van der Waals surface area contributed by atoms with E-state index in [-0.39, 0.29) is 6.04 Å². The number of nitrogens with zero attached hydrogens (tertiary/aromatic N) is 2. The fourth-order valence-electron chi connectivity index (χ4n) is 3.39. The summed E-state index contributed by atoms with van der Waals surface area (Å²) < 4.78 is 5.64. The Balaban J connectivity index is 2.05. The first-order chi connectivity index (χ1) is 12.2. The van der Waals surface area contributed by atoms with E-state index in [1.807, 2.05) is 24.4 Å². The van der Waals surface area contributed by atoms with E-state index in [0.717, 1.165) is 61.1 Å². The van der Waals surface area contributed by atoms with Crippen LogP contribution in [0.25, 0.3) is 0 Å². The van der Waals surface area contributed by atoms with E-state index in [9.17, 15) is 0 Å². The van der Waals surface area contributed by atoms with Crippen LogP contribution in [0, 0.1) is 0 Å². The van der Waals surface area contributed by atoms with E-state index < -0.39 is 0 Å². The number of ether oxygens (including phenoxy) is 1. The average molecular weight is 360 g/mol. The number of aromatic nitrogens is 1. The molecular formula is C20H26ClN3O. The topological polar surface area (TPSA) is 37.4 Å². The van der Waals surface area contributed by atoms with Crippen molar-refractivity contribution in [3.05, 3.63) is 58.4 Å². The molecule has 1 N–H and O–H groups in total. The van der Waals surface area contributed by atoms with Crippen molar-refractivity contribution in [2.75, 3.05) is 33.3 Å². The number of hydrogen-bond acceptors (Lipinski definition) is 4. The molecule has 5 heteroatoms. The van der Waals surface area contributed by atoms with Crippen LogP contribution < -0.4 is 10.1 Å². The van der Waals surface area contributed by atoms with Crippen molar-refractivity contribution in [3.63, 3.8) is 0 Å². The highest BCUT2D eigenvalue weighted by atomic mass is 35.5. The zero-order valence-corrected chi connectivity index (χ0v) is 15.7. The van der Waals surface area contributed by atoms with Crippen LogP contribution in [-0.2, 0) is 6.42 Å². The molecule has 0 saturated carbocycles. The lowest BCUT2D eigenvalue weighted by atomic mass is 9.99. The van der Waals surface area contributed by atoms with Crippen LogP contribution in [0.3, 0.4) is 0 Å². The van der Waals surface area contributed by atoms with Crippen LogP contribution in [-0.4, -0.2) is 43.2 Å². The van der Waals surface area contributed by atoms with E-state index in [0.29, 0.717) is 0 Å². The molecule has 134 valence electrons. The van der Waals surface area contributed by atoms with E-state index in [1.165, 1.54) is 5.56 Å². The maximum absolute atomic E-state index is 6.32. The van der Waals surface area contributed by atoms with E-state index in [1.54, 1.807) is 7.11 Å². The van der Waals surface area contributed by atoms with E-state index in [2.05, 4.69) is 29.3 Å². The highest BCUT2D eigenvalue weighted by Gasteiger charge is 2.27. The number of halogens is 1. The molecule has 1 aromatic carbocycles. The third kappa shape index (κ3) is 4.32. The van der Waals surface area contributed by atoms with Crippen molar-refractivity contribution in [1.82, 2.24) is 15.2 Å². The van der Waals surface area contributed by atoms with Crippen molar-refractivity contribution < 1.29 is 4.74 Å². The molecule has 0 amide bonds. The van der Waals surface area contributed by atoms with Gasteiger partial charge in [-0.05, 0) is 49.2 Å². The molecule has 3 rings (SSSR count). The zero-order chi connectivity index (χ0) is 17.6. The summed E-state index contributed by atoms with van der Waals surface area (Å²) in [5.74, 6) is 0.855. The van der Waals surface area contributed by atoms with Gasteiger partial charge in [-0.3, -0.25) is 9.88 Å². The van der Waals surface area contributed by atoms with Crippen LogP contribution in [0.5, 0.6) is 5.75 Å². The van der Waals surface area contributed by atoms with E-state index in [4.69, 9.17) is 21.3 Å². The van der Waals surface area contributed by atoms with Gasteiger partial charge in [0, 0.05) is 36.4 Å². The molecule has 0 bridgehead atoms. The van der Waals surface area contributed by atoms with Crippen molar-refractivity contribution in [1.29, 1.82) is 0 Å². The molecule has 1 aliphatic rings. The number of pyridine rings is 1. The van der Waals surface area contributed by atoms with Gasteiger partial charge in [-0.1, -0.05) is 24.6 Å². The highest BCUT2D eigenvalue weighted by Crippen LogP contribution is 2.36. The average Bonchev–Trinajstić information content (AvgIpc) is 2.92. The van der Waals surface area contributed by atoms with Crippen molar-refractivity contribution in [3.8, 4) is 5.75 Å². The van der Waals surface area contributed by atoms with Gasteiger partial charge in [0.2, 0.25) is 0 Å². The second-order valence-corrected chi connectivity index (χ2v) is 6.81. The summed E-state index contributed by atoms with van der Waals surface area (Å²) in [6, 6.07) is 10.2. The van der Waals surface area contributed by atoms with Gasteiger partial charge < -0.3 is 10.1 Å². The van der Waals surface area contributed by atoms with Gasteiger partial charge in [-0.15, -0.1) is 0 Å². The number of hydrogen-bond donors (Lipinski definition) is 1. The summed E-state index contributed by atoms with van der Waals surface area (Å²) in [6.45, 7) is 6.17. The predicted molar refractivity (Wildman–Crippen MR) is 103 cm³/mol. The maximum Gasteiger partial charge on any atom is 0.124 e. The molecule has 1 fully saturated rings. The molecule has 1 unspecified atom stereocenters. The van der Waals surface area contributed by atoms with Gasteiger partial charge in [0.25, 0.3) is 0 Å². The smallest absolute Gasteiger partial charge is 0.124 e. The largest absolute Gasteiger partial charge is 0.496 e. The normalized spacial score (nSPS) is 17.1. The standard InChI is InChI=1S/C20H26ClN3O/c1-3-15-5-7-18(23-14-15)20(24-11-4-9-22-10-12-24)17-13-16(21)6-8-19(17)25-2/h5-8,13-14,20,22H,3-4,9-12H2,1-2H3. The van der Waals surface area contributed by atoms with Gasteiger partial charge in [0.15, 0.2) is 0 Å². The van der Waals surface area contributed by atoms with Crippen LogP contribution in [0.15, 0.2) is 36.5 Å². The first kappa shape index (κ1) is 18.2. The Kier molecular flexibility index (Phi) is 6.29. The minimum Gasteiger partial charge on any atom is -0.496 e. The molecular weight excluding hydrogens is 334 g/mol. The lowest BCUT2D eigenvalue weighted by Crippen LogP contribution is -2.33. The molecule has 2 aromatic rings. The second kappa shape index (κ2) is 8.65. The zero-order valence-electron chi connectivity index (χ0n) is 15.0. The summed E-state index contributed by atoms with van der Waals surface area (Å²) in [4.78, 5) is 7.25. The van der Waals surface area contributed by atoms with Crippen LogP contribution in [0.4, 0.5) is 0 Å². The molecule has 0 radical (unpaired) electrons. The molecule has 25 heavy (non-hydrogen) atoms. The fraction of sp³-hybridized carbons (Fsp3) is 0.450. The molecule has 4 nitrogen and oxygen atoms in total. The van der Waals surface area contributed by atoms with Gasteiger partial charge in [-0.25, -0.2) is 0 Å². The number of nitrogens with one attached hydrogen (secondary N) is 1. The summed E-state index contributed by atoms with van der Waals surface area (Å²) in [6.07, 6.45) is 4.09. The Morgan fingerprint density at radius 2 is 2.12 bits per heavy atom. The number of rotatable bonds is 5. The Labute approximate surface area is 155 Å². The Hall–Kier alpha value is -1.62. The van der Waals surface area contributed by atoms with Crippen LogP contribution >= 0.6 is 11.6 Å². The summed E-state index contributed by atoms with van der Waals surface area (Å²) in [7, 11) is 1.71. The molecule has 1 aromatic heterocycles. The minimum absolute atomic E-state index is 0.0412. The number of benzene rings is 1. The molecule has 1 atom stereocenters. The predicted octanol–water partition coefficient (Wildman–Crippen LogP) is 3.69. The summed E-state index contributed by atoms with van der Waals surface area (Å²) >= 11 is 6.32. The second-order valence-electron chi connectivity index (χ2n) is 6.37. The molecule has 1 saturated heterocycles. The van der Waals surface area contributed by atoms with Crippen LogP contribution in [0.2, 0.25) is 5.02 Å². The number of methoxy groups -OCH3 is 1. The monoisotopic (exact) mass is 359 g/mol. The third-order valence-electron chi connectivity index (χ3n) is 4.76. The van der Waals surface area contributed by atoms with Crippen molar-refractivity contribution in [2.24, 2.45) is 0 Å². The maximum atomic E-state index is 6.32. The van der Waals surface area contributed by atoms with Crippen LogP contribution in [0.1, 0.15) is 36.2 Å². The fourth-order valence-corrected chi connectivity index (χ4v) is 3.57. The van der Waals surface area contributed by atoms with Gasteiger partial charge in [-0.2, -0.15) is 0 Å². The minimum atomic E-state index is 0.0412. The number of aryl methyl sites for hydroxylation is 1. The Bertz CT molecular complexity index is 682. The molecule has 0 spiro atoms. The summed E-state index contributed by atoms with van der Waals surface area (Å²) in [5.41, 5.74) is 3.37. The summed E-state index contributed by atoms with van der Waals surface area (Å²) in [5, 5.41) is 4.20.